The van der Waals surface area contributed by atoms with Gasteiger partial charge in [-0.15, -0.1) is 11.3 Å². The van der Waals surface area contributed by atoms with Gasteiger partial charge in [-0.3, -0.25) is 4.79 Å². The second-order valence-corrected chi connectivity index (χ2v) is 5.96. The third kappa shape index (κ3) is 4.04. The van der Waals surface area contributed by atoms with Crippen LogP contribution < -0.4 is 4.74 Å². The Morgan fingerprint density at radius 3 is 2.77 bits per heavy atom. The first-order valence-corrected chi connectivity index (χ1v) is 7.96. The van der Waals surface area contributed by atoms with E-state index in [0.717, 1.165) is 10.7 Å². The van der Waals surface area contributed by atoms with E-state index in [1.165, 1.54) is 23.5 Å². The second-order valence-electron chi connectivity index (χ2n) is 5.02. The number of ether oxygens (including phenoxy) is 1. The fraction of sp³-hybridized carbons (Fsp3) is 0.375. The highest BCUT2D eigenvalue weighted by Crippen LogP contribution is 2.19. The molecular weight excluding hydrogens is 303 g/mol. The lowest BCUT2D eigenvalue weighted by atomic mass is 10.2. The summed E-state index contributed by atoms with van der Waals surface area (Å²) in [6.45, 7) is 4.18. The van der Waals surface area contributed by atoms with Gasteiger partial charge in [0.2, 0.25) is 0 Å². The number of rotatable bonds is 6. The van der Waals surface area contributed by atoms with Crippen molar-refractivity contribution in [2.75, 3.05) is 7.05 Å². The van der Waals surface area contributed by atoms with Crippen molar-refractivity contribution in [3.05, 3.63) is 46.2 Å². The molecule has 0 aliphatic carbocycles. The van der Waals surface area contributed by atoms with Crippen LogP contribution in [0.4, 0.5) is 4.39 Å². The third-order valence-corrected chi connectivity index (χ3v) is 4.12. The van der Waals surface area contributed by atoms with E-state index in [2.05, 4.69) is 4.98 Å². The molecule has 6 heteroatoms. The highest BCUT2D eigenvalue weighted by atomic mass is 32.1. The molecular formula is C16H19FN2O2S. The zero-order valence-electron chi connectivity index (χ0n) is 12.9. The monoisotopic (exact) mass is 322 g/mol. The molecule has 0 radical (unpaired) electrons. The van der Waals surface area contributed by atoms with E-state index in [1.807, 2.05) is 19.2 Å². The first kappa shape index (κ1) is 16.4. The molecule has 118 valence electrons. The Balaban J connectivity index is 2.03. The summed E-state index contributed by atoms with van der Waals surface area (Å²) < 4.78 is 19.2. The van der Waals surface area contributed by atoms with Gasteiger partial charge in [-0.2, -0.15) is 0 Å². The molecule has 0 bridgehead atoms. The number of carbonyl (C=O) groups excluding carboxylic acids is 1. The summed E-state index contributed by atoms with van der Waals surface area (Å²) in [6.07, 6.45) is -0.239. The molecule has 2 rings (SSSR count). The van der Waals surface area contributed by atoms with Crippen LogP contribution in [-0.4, -0.2) is 28.9 Å². The van der Waals surface area contributed by atoms with Crippen LogP contribution >= 0.6 is 11.3 Å². The number of benzene rings is 1. The van der Waals surface area contributed by atoms with Crippen molar-refractivity contribution in [2.45, 2.75) is 32.9 Å². The quantitative estimate of drug-likeness (QED) is 0.818. The predicted molar refractivity (Wildman–Crippen MR) is 84.4 cm³/mol. The zero-order valence-corrected chi connectivity index (χ0v) is 13.7. The minimum absolute atomic E-state index is 0.0983. The van der Waals surface area contributed by atoms with Gasteiger partial charge in [-0.05, 0) is 25.5 Å². The average molecular weight is 322 g/mol. The van der Waals surface area contributed by atoms with Crippen molar-refractivity contribution in [3.8, 4) is 5.75 Å². The summed E-state index contributed by atoms with van der Waals surface area (Å²) in [6, 6.07) is 6.10. The average Bonchev–Trinajstić information content (AvgIpc) is 2.91. The normalized spacial score (nSPS) is 12.0. The van der Waals surface area contributed by atoms with Crippen molar-refractivity contribution in [3.63, 3.8) is 0 Å². The van der Waals surface area contributed by atoms with E-state index in [1.54, 1.807) is 24.1 Å². The fourth-order valence-corrected chi connectivity index (χ4v) is 2.83. The number of halogens is 1. The van der Waals surface area contributed by atoms with E-state index in [0.29, 0.717) is 13.0 Å². The molecule has 0 saturated carbocycles. The summed E-state index contributed by atoms with van der Waals surface area (Å²) in [5.41, 5.74) is 0.940. The van der Waals surface area contributed by atoms with Crippen molar-refractivity contribution < 1.29 is 13.9 Å². The molecule has 1 atom stereocenters. The van der Waals surface area contributed by atoms with Gasteiger partial charge in [-0.1, -0.05) is 19.1 Å². The van der Waals surface area contributed by atoms with Crippen LogP contribution in [0.5, 0.6) is 5.75 Å². The molecule has 0 fully saturated rings. The van der Waals surface area contributed by atoms with Crippen LogP contribution in [0.15, 0.2) is 29.6 Å². The predicted octanol–water partition coefficient (Wildman–Crippen LogP) is 3.41. The number of aryl methyl sites for hydroxylation is 1. The maximum Gasteiger partial charge on any atom is 0.263 e. The summed E-state index contributed by atoms with van der Waals surface area (Å²) in [5.74, 6) is -0.549. The number of amides is 1. The standard InChI is InChI=1S/C16H19FN2O2S/c1-4-13(21-14-8-6-5-7-12(14)17)16(20)19(3)9-15-18-11(2)10-22-15/h5-8,10,13H,4,9H2,1-3H3. The van der Waals surface area contributed by atoms with Crippen LogP contribution in [-0.2, 0) is 11.3 Å². The maximum absolute atomic E-state index is 13.6. The van der Waals surface area contributed by atoms with Crippen LogP contribution in [0.25, 0.3) is 0 Å². The molecule has 1 unspecified atom stereocenters. The minimum atomic E-state index is -0.706. The van der Waals surface area contributed by atoms with Crippen LogP contribution in [0.3, 0.4) is 0 Å². The first-order chi connectivity index (χ1) is 10.5. The van der Waals surface area contributed by atoms with Crippen molar-refractivity contribution in [2.24, 2.45) is 0 Å². The number of nitrogens with zero attached hydrogens (tertiary/aromatic N) is 2. The van der Waals surface area contributed by atoms with Crippen LogP contribution in [0.1, 0.15) is 24.0 Å². The smallest absolute Gasteiger partial charge is 0.263 e. The molecule has 0 spiro atoms. The lowest BCUT2D eigenvalue weighted by molar-refractivity contribution is -0.138. The molecule has 0 saturated heterocycles. The first-order valence-electron chi connectivity index (χ1n) is 7.08. The molecule has 1 amide bonds. The molecule has 1 aromatic heterocycles. The van der Waals surface area contributed by atoms with Gasteiger partial charge in [0, 0.05) is 18.1 Å². The molecule has 2 aromatic rings. The van der Waals surface area contributed by atoms with Gasteiger partial charge in [0.05, 0.1) is 6.54 Å². The number of para-hydroxylation sites is 1. The number of hydrogen-bond donors (Lipinski definition) is 0. The number of carbonyl (C=O) groups is 1. The SMILES string of the molecule is CCC(Oc1ccccc1F)C(=O)N(C)Cc1nc(C)cs1. The van der Waals surface area contributed by atoms with Crippen LogP contribution in [0, 0.1) is 12.7 Å². The zero-order chi connectivity index (χ0) is 16.1. The van der Waals surface area contributed by atoms with E-state index in [9.17, 15) is 9.18 Å². The van der Waals surface area contributed by atoms with Crippen molar-refractivity contribution in [1.29, 1.82) is 0 Å². The third-order valence-electron chi connectivity index (χ3n) is 3.17. The molecule has 22 heavy (non-hydrogen) atoms. The number of thiazole rings is 1. The Morgan fingerprint density at radius 1 is 1.45 bits per heavy atom. The van der Waals surface area contributed by atoms with Crippen molar-refractivity contribution >= 4 is 17.2 Å². The Hall–Kier alpha value is -1.95. The maximum atomic E-state index is 13.6. The summed E-state index contributed by atoms with van der Waals surface area (Å²) in [7, 11) is 1.70. The Bertz CT molecular complexity index is 645. The number of likely N-dealkylation sites (N-methyl/N-ethyl adjacent to an activating group) is 1. The van der Waals surface area contributed by atoms with Crippen molar-refractivity contribution in [1.82, 2.24) is 9.88 Å². The highest BCUT2D eigenvalue weighted by molar-refractivity contribution is 7.09. The second kappa shape index (κ2) is 7.35. The Labute approximate surface area is 133 Å². The number of hydrogen-bond acceptors (Lipinski definition) is 4. The molecule has 0 aliphatic heterocycles. The van der Waals surface area contributed by atoms with Crippen LogP contribution in [0.2, 0.25) is 0 Å². The van der Waals surface area contributed by atoms with Gasteiger partial charge < -0.3 is 9.64 Å². The summed E-state index contributed by atoms with van der Waals surface area (Å²) in [5, 5.41) is 2.81. The summed E-state index contributed by atoms with van der Waals surface area (Å²) in [4.78, 5) is 18.4. The van der Waals surface area contributed by atoms with E-state index < -0.39 is 11.9 Å². The largest absolute Gasteiger partial charge is 0.478 e. The molecule has 1 heterocycles. The lowest BCUT2D eigenvalue weighted by Crippen LogP contribution is -2.39. The van der Waals surface area contributed by atoms with Gasteiger partial charge in [0.15, 0.2) is 17.7 Å². The minimum Gasteiger partial charge on any atom is -0.478 e. The summed E-state index contributed by atoms with van der Waals surface area (Å²) >= 11 is 1.52. The lowest BCUT2D eigenvalue weighted by Gasteiger charge is -2.23. The van der Waals surface area contributed by atoms with E-state index in [4.69, 9.17) is 4.74 Å². The van der Waals surface area contributed by atoms with Gasteiger partial charge in [0.1, 0.15) is 5.01 Å². The molecule has 4 nitrogen and oxygen atoms in total. The number of aromatic nitrogens is 1. The Morgan fingerprint density at radius 2 is 2.18 bits per heavy atom. The molecule has 0 N–H and O–H groups in total. The fourth-order valence-electron chi connectivity index (χ4n) is 2.00. The van der Waals surface area contributed by atoms with Gasteiger partial charge in [-0.25, -0.2) is 9.37 Å². The van der Waals surface area contributed by atoms with E-state index >= 15 is 0 Å². The van der Waals surface area contributed by atoms with Gasteiger partial charge >= 0.3 is 0 Å². The highest BCUT2D eigenvalue weighted by Gasteiger charge is 2.24. The van der Waals surface area contributed by atoms with Gasteiger partial charge in [0.25, 0.3) is 5.91 Å². The molecule has 0 aliphatic rings. The topological polar surface area (TPSA) is 42.4 Å². The molecule has 1 aromatic carbocycles. The van der Waals surface area contributed by atoms with E-state index in [-0.39, 0.29) is 11.7 Å². The Kier molecular flexibility index (Phi) is 5.49.